The Morgan fingerprint density at radius 3 is 1.29 bits per heavy atom. The van der Waals surface area contributed by atoms with E-state index >= 15 is 0 Å². The van der Waals surface area contributed by atoms with E-state index in [1.807, 2.05) is 20.8 Å². The van der Waals surface area contributed by atoms with Crippen molar-refractivity contribution >= 4 is 8.80 Å². The van der Waals surface area contributed by atoms with Crippen molar-refractivity contribution < 1.29 is 13.3 Å². The molecule has 0 aliphatic carbocycles. The molecule has 0 bridgehead atoms. The molecule has 0 aromatic carbocycles. The van der Waals surface area contributed by atoms with Crippen LogP contribution >= 0.6 is 0 Å². The molecule has 0 aromatic rings. The standard InChI is InChI=1S/C9H22O3Si.C3H9N/c1-5-9-13(10-6-2,11-7-3)12-8-4;1-2-3-4/h5-9H2,1-4H3;2-4H2,1H3. The van der Waals surface area contributed by atoms with Crippen LogP contribution in [0.5, 0.6) is 0 Å². The van der Waals surface area contributed by atoms with Crippen LogP contribution in [0.4, 0.5) is 0 Å². The lowest BCUT2D eigenvalue weighted by Gasteiger charge is -2.27. The summed E-state index contributed by atoms with van der Waals surface area (Å²) in [5.41, 5.74) is 5.03. The summed E-state index contributed by atoms with van der Waals surface area (Å²) in [4.78, 5) is 0. The molecule has 0 fully saturated rings. The molecular weight excluding hydrogens is 234 g/mol. The van der Waals surface area contributed by atoms with Gasteiger partial charge in [0.1, 0.15) is 0 Å². The van der Waals surface area contributed by atoms with Gasteiger partial charge in [-0.25, -0.2) is 0 Å². The molecule has 0 saturated heterocycles. The molecule has 0 amide bonds. The predicted molar refractivity (Wildman–Crippen MR) is 75.1 cm³/mol. The fourth-order valence-corrected chi connectivity index (χ4v) is 3.92. The zero-order valence-corrected chi connectivity index (χ0v) is 13.3. The molecule has 4 nitrogen and oxygen atoms in total. The monoisotopic (exact) mass is 265 g/mol. The van der Waals surface area contributed by atoms with E-state index in [1.54, 1.807) is 0 Å². The Kier molecular flexibility index (Phi) is 16.1. The average molecular weight is 265 g/mol. The molecule has 0 heterocycles. The first-order chi connectivity index (χ1) is 8.16. The molecule has 2 N–H and O–H groups in total. The number of nitrogens with two attached hydrogens (primary N) is 1. The average Bonchev–Trinajstić information content (AvgIpc) is 2.31. The second kappa shape index (κ2) is 14.1. The Labute approximate surface area is 108 Å². The van der Waals surface area contributed by atoms with Crippen LogP contribution in [0.2, 0.25) is 6.04 Å². The summed E-state index contributed by atoms with van der Waals surface area (Å²) in [6.45, 7) is 13.0. The lowest BCUT2D eigenvalue weighted by atomic mass is 10.5. The maximum atomic E-state index is 5.65. The minimum absolute atomic E-state index is 0.673. The van der Waals surface area contributed by atoms with Gasteiger partial charge < -0.3 is 19.0 Å². The fraction of sp³-hybridized carbons (Fsp3) is 1.00. The van der Waals surface area contributed by atoms with E-state index in [4.69, 9.17) is 19.0 Å². The first kappa shape index (κ1) is 19.4. The topological polar surface area (TPSA) is 53.7 Å². The van der Waals surface area contributed by atoms with Gasteiger partial charge in [-0.3, -0.25) is 0 Å². The highest BCUT2D eigenvalue weighted by molar-refractivity contribution is 6.60. The third-order valence-corrected chi connectivity index (χ3v) is 5.24. The second-order valence-electron chi connectivity index (χ2n) is 3.52. The van der Waals surface area contributed by atoms with Crippen LogP contribution in [0.3, 0.4) is 0 Å². The van der Waals surface area contributed by atoms with Gasteiger partial charge in [0.25, 0.3) is 0 Å². The van der Waals surface area contributed by atoms with Crippen LogP contribution in [0.1, 0.15) is 47.5 Å². The first-order valence-electron chi connectivity index (χ1n) is 6.78. The van der Waals surface area contributed by atoms with E-state index in [-0.39, 0.29) is 0 Å². The van der Waals surface area contributed by atoms with Gasteiger partial charge in [-0.05, 0) is 33.7 Å². The summed E-state index contributed by atoms with van der Waals surface area (Å²) < 4.78 is 16.9. The van der Waals surface area contributed by atoms with Crippen LogP contribution in [-0.2, 0) is 13.3 Å². The van der Waals surface area contributed by atoms with Crippen molar-refractivity contribution in [2.75, 3.05) is 26.4 Å². The van der Waals surface area contributed by atoms with Gasteiger partial charge in [0.2, 0.25) is 0 Å². The van der Waals surface area contributed by atoms with E-state index in [9.17, 15) is 0 Å². The molecule has 5 heteroatoms. The number of hydrogen-bond acceptors (Lipinski definition) is 4. The van der Waals surface area contributed by atoms with Crippen molar-refractivity contribution in [3.8, 4) is 0 Å². The van der Waals surface area contributed by atoms with Crippen LogP contribution < -0.4 is 5.73 Å². The number of hydrogen-bond donors (Lipinski definition) is 1. The van der Waals surface area contributed by atoms with Crippen LogP contribution in [0.15, 0.2) is 0 Å². The van der Waals surface area contributed by atoms with Gasteiger partial charge in [-0.15, -0.1) is 0 Å². The largest absolute Gasteiger partial charge is 0.500 e. The highest BCUT2D eigenvalue weighted by Crippen LogP contribution is 2.17. The minimum atomic E-state index is -2.30. The second-order valence-corrected chi connectivity index (χ2v) is 6.25. The van der Waals surface area contributed by atoms with Crippen molar-refractivity contribution in [3.63, 3.8) is 0 Å². The van der Waals surface area contributed by atoms with E-state index in [2.05, 4.69) is 13.8 Å². The lowest BCUT2D eigenvalue weighted by Crippen LogP contribution is -2.45. The highest BCUT2D eigenvalue weighted by Gasteiger charge is 2.38. The van der Waals surface area contributed by atoms with Crippen LogP contribution in [-0.4, -0.2) is 35.2 Å². The summed E-state index contributed by atoms with van der Waals surface area (Å²) in [6.07, 6.45) is 2.15. The molecule has 0 atom stereocenters. The van der Waals surface area contributed by atoms with Crippen molar-refractivity contribution in [2.24, 2.45) is 5.73 Å². The summed E-state index contributed by atoms with van der Waals surface area (Å²) in [5.74, 6) is 0. The lowest BCUT2D eigenvalue weighted by molar-refractivity contribution is 0.0712. The van der Waals surface area contributed by atoms with Gasteiger partial charge >= 0.3 is 8.80 Å². The molecule has 0 rings (SSSR count). The van der Waals surface area contributed by atoms with Gasteiger partial charge in [0, 0.05) is 25.9 Å². The van der Waals surface area contributed by atoms with E-state index in [0.717, 1.165) is 25.4 Å². The Morgan fingerprint density at radius 2 is 1.12 bits per heavy atom. The van der Waals surface area contributed by atoms with Crippen LogP contribution in [0.25, 0.3) is 0 Å². The molecule has 0 spiro atoms. The maximum absolute atomic E-state index is 5.65. The van der Waals surface area contributed by atoms with Gasteiger partial charge in [0.15, 0.2) is 0 Å². The van der Waals surface area contributed by atoms with Crippen molar-refractivity contribution in [2.45, 2.75) is 53.5 Å². The van der Waals surface area contributed by atoms with Gasteiger partial charge in [0.05, 0.1) is 0 Å². The molecule has 17 heavy (non-hydrogen) atoms. The third kappa shape index (κ3) is 10.9. The molecule has 0 aliphatic heterocycles. The van der Waals surface area contributed by atoms with E-state index in [1.165, 1.54) is 0 Å². The quantitative estimate of drug-likeness (QED) is 0.651. The van der Waals surface area contributed by atoms with E-state index in [0.29, 0.717) is 19.8 Å². The Hall–Kier alpha value is 0.0569. The van der Waals surface area contributed by atoms with Crippen molar-refractivity contribution in [1.82, 2.24) is 0 Å². The Balaban J connectivity index is 0. The summed E-state index contributed by atoms with van der Waals surface area (Å²) in [5, 5.41) is 0. The molecule has 0 aliphatic rings. The van der Waals surface area contributed by atoms with Crippen molar-refractivity contribution in [1.29, 1.82) is 0 Å². The van der Waals surface area contributed by atoms with Gasteiger partial charge in [-0.1, -0.05) is 20.3 Å². The SMILES string of the molecule is CCCN.CCC[Si](OCC)(OCC)OCC. The smallest absolute Gasteiger partial charge is 0.374 e. The third-order valence-electron chi connectivity index (χ3n) is 1.94. The highest BCUT2D eigenvalue weighted by atomic mass is 28.4. The van der Waals surface area contributed by atoms with Crippen LogP contribution in [0, 0.1) is 0 Å². The fourth-order valence-electron chi connectivity index (χ4n) is 1.31. The van der Waals surface area contributed by atoms with E-state index < -0.39 is 8.80 Å². The number of rotatable bonds is 9. The van der Waals surface area contributed by atoms with Gasteiger partial charge in [-0.2, -0.15) is 0 Å². The summed E-state index contributed by atoms with van der Waals surface area (Å²) >= 11 is 0. The van der Waals surface area contributed by atoms with Crippen molar-refractivity contribution in [3.05, 3.63) is 0 Å². The minimum Gasteiger partial charge on any atom is -0.374 e. The maximum Gasteiger partial charge on any atom is 0.500 e. The summed E-state index contributed by atoms with van der Waals surface area (Å²) in [7, 11) is -2.30. The molecule has 106 valence electrons. The molecular formula is C12H31NO3Si. The molecule has 0 aromatic heterocycles. The Bertz CT molecular complexity index is 116. The molecule has 0 unspecified atom stereocenters. The normalized spacial score (nSPS) is 10.9. The zero-order chi connectivity index (χ0) is 13.6. The summed E-state index contributed by atoms with van der Waals surface area (Å²) in [6, 6.07) is 0.919. The first-order valence-corrected chi connectivity index (χ1v) is 8.71. The molecule has 0 radical (unpaired) electrons. The Morgan fingerprint density at radius 1 is 0.765 bits per heavy atom. The molecule has 0 saturated carbocycles. The zero-order valence-electron chi connectivity index (χ0n) is 12.3. The predicted octanol–water partition coefficient (Wildman–Crippen LogP) is 2.80.